The lowest BCUT2D eigenvalue weighted by molar-refractivity contribution is 0.0958. The van der Waals surface area contributed by atoms with Gasteiger partial charge in [0.05, 0.1) is 10.4 Å². The van der Waals surface area contributed by atoms with E-state index >= 15 is 0 Å². The summed E-state index contributed by atoms with van der Waals surface area (Å²) in [7, 11) is -0.823. The fraction of sp³-hybridized carbons (Fsp3) is 0.333. The third-order valence-corrected chi connectivity index (χ3v) is 4.65. The molecule has 0 fully saturated rings. The number of nitrogen functional groups attached to an aromatic ring is 1. The Hall–Kier alpha value is -1.47. The standard InChI is InChI=1S/C12H15N3O2S2/c1-19(17)6-2-4-15-12(16)11-10(13)8-3-5-14-7-9(8)18-11/h3,5,7H,2,4,6,13H2,1H3,(H,15,16). The predicted molar refractivity (Wildman–Crippen MR) is 79.9 cm³/mol. The molecule has 102 valence electrons. The first-order chi connectivity index (χ1) is 9.09. The van der Waals surface area contributed by atoms with Gasteiger partial charge in [0.15, 0.2) is 0 Å². The summed E-state index contributed by atoms with van der Waals surface area (Å²) >= 11 is 1.34. The predicted octanol–water partition coefficient (Wildman–Crippen LogP) is 1.38. The van der Waals surface area contributed by atoms with Gasteiger partial charge in [-0.05, 0) is 12.5 Å². The van der Waals surface area contributed by atoms with Crippen molar-refractivity contribution in [1.29, 1.82) is 0 Å². The Balaban J connectivity index is 2.05. The number of pyridine rings is 1. The average Bonchev–Trinajstić information content (AvgIpc) is 2.72. The van der Waals surface area contributed by atoms with Crippen molar-refractivity contribution < 1.29 is 9.00 Å². The smallest absolute Gasteiger partial charge is 0.263 e. The minimum atomic E-state index is -0.823. The average molecular weight is 297 g/mol. The first kappa shape index (κ1) is 14.0. The number of anilines is 1. The first-order valence-electron chi connectivity index (χ1n) is 5.80. The van der Waals surface area contributed by atoms with Gasteiger partial charge in [-0.2, -0.15) is 0 Å². The molecule has 5 nitrogen and oxygen atoms in total. The lowest BCUT2D eigenvalue weighted by atomic mass is 10.2. The Labute approximate surface area is 117 Å². The molecular weight excluding hydrogens is 282 g/mol. The maximum atomic E-state index is 12.0. The summed E-state index contributed by atoms with van der Waals surface area (Å²) in [6, 6.07) is 1.80. The van der Waals surface area contributed by atoms with Gasteiger partial charge in [0.2, 0.25) is 0 Å². The van der Waals surface area contributed by atoms with E-state index in [2.05, 4.69) is 10.3 Å². The normalized spacial score (nSPS) is 12.5. The highest BCUT2D eigenvalue weighted by Gasteiger charge is 2.15. The van der Waals surface area contributed by atoms with Crippen LogP contribution in [0, 0.1) is 0 Å². The second-order valence-corrected chi connectivity index (χ2v) is 6.71. The molecule has 7 heteroatoms. The number of rotatable bonds is 5. The summed E-state index contributed by atoms with van der Waals surface area (Å²) < 4.78 is 11.8. The monoisotopic (exact) mass is 297 g/mol. The summed E-state index contributed by atoms with van der Waals surface area (Å²) in [4.78, 5) is 16.5. The summed E-state index contributed by atoms with van der Waals surface area (Å²) in [6.07, 6.45) is 5.71. The van der Waals surface area contributed by atoms with Crippen molar-refractivity contribution in [3.8, 4) is 0 Å². The molecule has 0 aliphatic rings. The van der Waals surface area contributed by atoms with Gasteiger partial charge in [0, 0.05) is 47.1 Å². The van der Waals surface area contributed by atoms with Crippen LogP contribution in [0.25, 0.3) is 10.1 Å². The third kappa shape index (κ3) is 3.30. The van der Waals surface area contributed by atoms with E-state index in [-0.39, 0.29) is 5.91 Å². The van der Waals surface area contributed by atoms with E-state index in [1.807, 2.05) is 0 Å². The molecule has 2 heterocycles. The molecule has 0 saturated heterocycles. The molecule has 1 unspecified atom stereocenters. The molecule has 2 aromatic rings. The van der Waals surface area contributed by atoms with Gasteiger partial charge in [-0.15, -0.1) is 11.3 Å². The number of carbonyl (C=O) groups excluding carboxylic acids is 1. The van der Waals surface area contributed by atoms with Crippen molar-refractivity contribution in [1.82, 2.24) is 10.3 Å². The molecule has 3 N–H and O–H groups in total. The largest absolute Gasteiger partial charge is 0.397 e. The van der Waals surface area contributed by atoms with Gasteiger partial charge < -0.3 is 11.1 Å². The van der Waals surface area contributed by atoms with Gasteiger partial charge in [-0.1, -0.05) is 0 Å². The topological polar surface area (TPSA) is 85.1 Å². The molecule has 2 rings (SSSR count). The van der Waals surface area contributed by atoms with Crippen molar-refractivity contribution in [2.75, 3.05) is 24.3 Å². The van der Waals surface area contributed by atoms with Crippen molar-refractivity contribution >= 4 is 43.8 Å². The number of nitrogens with one attached hydrogen (secondary N) is 1. The molecule has 0 aromatic carbocycles. The SMILES string of the molecule is CS(=O)CCCNC(=O)c1sc2cnccc2c1N. The lowest BCUT2D eigenvalue weighted by Gasteiger charge is -2.03. The van der Waals surface area contributed by atoms with Crippen LogP contribution >= 0.6 is 11.3 Å². The second-order valence-electron chi connectivity index (χ2n) is 4.10. The number of hydrogen-bond acceptors (Lipinski definition) is 5. The van der Waals surface area contributed by atoms with Crippen molar-refractivity contribution in [2.45, 2.75) is 6.42 Å². The van der Waals surface area contributed by atoms with E-state index in [0.29, 0.717) is 29.3 Å². The number of fused-ring (bicyclic) bond motifs is 1. The number of thiophene rings is 1. The van der Waals surface area contributed by atoms with Crippen molar-refractivity contribution in [3.63, 3.8) is 0 Å². The zero-order valence-corrected chi connectivity index (χ0v) is 12.1. The van der Waals surface area contributed by atoms with E-state index in [9.17, 15) is 9.00 Å². The molecule has 0 aliphatic heterocycles. The van der Waals surface area contributed by atoms with E-state index in [1.54, 1.807) is 24.7 Å². The zero-order chi connectivity index (χ0) is 13.8. The van der Waals surface area contributed by atoms with Gasteiger partial charge in [-0.25, -0.2) is 0 Å². The summed E-state index contributed by atoms with van der Waals surface area (Å²) in [6.45, 7) is 0.504. The summed E-state index contributed by atoms with van der Waals surface area (Å²) in [5.41, 5.74) is 6.46. The Kier molecular flexibility index (Phi) is 4.49. The highest BCUT2D eigenvalue weighted by atomic mass is 32.2. The Morgan fingerprint density at radius 3 is 3.05 bits per heavy atom. The molecule has 0 radical (unpaired) electrons. The number of nitrogens with zero attached hydrogens (tertiary/aromatic N) is 1. The lowest BCUT2D eigenvalue weighted by Crippen LogP contribution is -2.25. The maximum absolute atomic E-state index is 12.0. The van der Waals surface area contributed by atoms with E-state index < -0.39 is 10.8 Å². The second kappa shape index (κ2) is 6.12. The molecule has 0 spiro atoms. The van der Waals surface area contributed by atoms with Crippen LogP contribution in [0.15, 0.2) is 18.5 Å². The molecule has 0 aliphatic carbocycles. The fourth-order valence-corrected chi connectivity index (χ4v) is 3.25. The number of aromatic nitrogens is 1. The molecule has 1 atom stereocenters. The highest BCUT2D eigenvalue weighted by Crippen LogP contribution is 2.32. The number of nitrogens with two attached hydrogens (primary N) is 1. The van der Waals surface area contributed by atoms with Crippen LogP contribution in [-0.2, 0) is 10.8 Å². The van der Waals surface area contributed by atoms with Crippen LogP contribution in [0.3, 0.4) is 0 Å². The van der Waals surface area contributed by atoms with Crippen LogP contribution in [0.5, 0.6) is 0 Å². The third-order valence-electron chi connectivity index (χ3n) is 2.63. The Morgan fingerprint density at radius 1 is 1.58 bits per heavy atom. The highest BCUT2D eigenvalue weighted by molar-refractivity contribution is 7.84. The van der Waals surface area contributed by atoms with Gasteiger partial charge in [0.25, 0.3) is 5.91 Å². The summed E-state index contributed by atoms with van der Waals surface area (Å²) in [5.74, 6) is 0.409. The van der Waals surface area contributed by atoms with E-state index in [1.165, 1.54) is 11.3 Å². The van der Waals surface area contributed by atoms with Crippen molar-refractivity contribution in [2.24, 2.45) is 0 Å². The van der Waals surface area contributed by atoms with Gasteiger partial charge >= 0.3 is 0 Å². The van der Waals surface area contributed by atoms with Crippen LogP contribution in [0.1, 0.15) is 16.1 Å². The molecule has 1 amide bonds. The molecule has 2 aromatic heterocycles. The minimum absolute atomic E-state index is 0.180. The van der Waals surface area contributed by atoms with E-state index in [0.717, 1.165) is 10.1 Å². The zero-order valence-electron chi connectivity index (χ0n) is 10.5. The number of carbonyl (C=O) groups is 1. The number of hydrogen-bond donors (Lipinski definition) is 2. The molecule has 19 heavy (non-hydrogen) atoms. The van der Waals surface area contributed by atoms with Crippen molar-refractivity contribution in [3.05, 3.63) is 23.3 Å². The van der Waals surface area contributed by atoms with Crippen LogP contribution < -0.4 is 11.1 Å². The Morgan fingerprint density at radius 2 is 2.37 bits per heavy atom. The van der Waals surface area contributed by atoms with Crippen LogP contribution in [0.4, 0.5) is 5.69 Å². The molecule has 0 bridgehead atoms. The number of amides is 1. The quantitative estimate of drug-likeness (QED) is 0.816. The molecular formula is C12H15N3O2S2. The van der Waals surface area contributed by atoms with Gasteiger partial charge in [0.1, 0.15) is 4.88 Å². The maximum Gasteiger partial charge on any atom is 0.263 e. The Bertz CT molecular complexity index is 624. The van der Waals surface area contributed by atoms with E-state index in [4.69, 9.17) is 5.73 Å². The summed E-state index contributed by atoms with van der Waals surface area (Å²) in [5, 5.41) is 3.65. The fourth-order valence-electron chi connectivity index (χ4n) is 1.70. The van der Waals surface area contributed by atoms with Gasteiger partial charge in [-0.3, -0.25) is 14.0 Å². The van der Waals surface area contributed by atoms with Crippen LogP contribution in [-0.4, -0.2) is 33.7 Å². The molecule has 0 saturated carbocycles. The van der Waals surface area contributed by atoms with Crippen LogP contribution in [0.2, 0.25) is 0 Å². The minimum Gasteiger partial charge on any atom is -0.397 e. The first-order valence-corrected chi connectivity index (χ1v) is 8.34.